The fraction of sp³-hybridized carbons (Fsp3) is 0.316. The van der Waals surface area contributed by atoms with E-state index in [0.717, 1.165) is 11.1 Å². The van der Waals surface area contributed by atoms with Gasteiger partial charge in [-0.25, -0.2) is 0 Å². The topological polar surface area (TPSA) is 77.0 Å². The van der Waals surface area contributed by atoms with E-state index in [1.165, 1.54) is 7.11 Å². The van der Waals surface area contributed by atoms with Gasteiger partial charge < -0.3 is 19.3 Å². The molecule has 0 heterocycles. The number of hydrogen-bond acceptors (Lipinski definition) is 5. The zero-order valence-corrected chi connectivity index (χ0v) is 14.6. The maximum Gasteiger partial charge on any atom is 0.321 e. The number of rotatable bonds is 9. The summed E-state index contributed by atoms with van der Waals surface area (Å²) >= 11 is 0. The van der Waals surface area contributed by atoms with Crippen LogP contribution in [0.15, 0.2) is 42.5 Å². The predicted molar refractivity (Wildman–Crippen MR) is 94.5 cm³/mol. The molecule has 0 bridgehead atoms. The van der Waals surface area contributed by atoms with Crippen molar-refractivity contribution in [2.75, 3.05) is 21.3 Å². The molecule has 134 valence electrons. The second kappa shape index (κ2) is 8.94. The summed E-state index contributed by atoms with van der Waals surface area (Å²) in [5.74, 6) is 0.669. The van der Waals surface area contributed by atoms with Gasteiger partial charge in [0.2, 0.25) is 5.75 Å². The Bertz CT molecular complexity index is 702. The van der Waals surface area contributed by atoms with Crippen molar-refractivity contribution >= 4 is 5.97 Å². The van der Waals surface area contributed by atoms with Crippen LogP contribution in [0, 0.1) is 0 Å². The quantitative estimate of drug-likeness (QED) is 0.727. The van der Waals surface area contributed by atoms with Gasteiger partial charge in [-0.2, -0.15) is 0 Å². The van der Waals surface area contributed by atoms with Crippen LogP contribution in [0.25, 0.3) is 0 Å². The average Bonchev–Trinajstić information content (AvgIpc) is 2.64. The lowest BCUT2D eigenvalue weighted by atomic mass is 10.1. The highest BCUT2D eigenvalue weighted by atomic mass is 16.5. The Balaban J connectivity index is 2.16. The van der Waals surface area contributed by atoms with E-state index in [9.17, 15) is 9.90 Å². The lowest BCUT2D eigenvalue weighted by Gasteiger charge is -2.18. The van der Waals surface area contributed by atoms with Crippen molar-refractivity contribution in [3.63, 3.8) is 0 Å². The van der Waals surface area contributed by atoms with Crippen LogP contribution in [0.1, 0.15) is 11.1 Å². The van der Waals surface area contributed by atoms with E-state index in [2.05, 4.69) is 5.32 Å². The van der Waals surface area contributed by atoms with Crippen LogP contribution in [0.5, 0.6) is 17.2 Å². The van der Waals surface area contributed by atoms with Gasteiger partial charge in [-0.05, 0) is 18.1 Å². The SMILES string of the molecule is COc1ccc(CN[C@H](Cc2ccccc2)C(=O)O)c(OC)c1OC. The van der Waals surface area contributed by atoms with E-state index >= 15 is 0 Å². The van der Waals surface area contributed by atoms with Crippen molar-refractivity contribution in [3.8, 4) is 17.2 Å². The molecule has 0 aromatic heterocycles. The van der Waals surface area contributed by atoms with Gasteiger partial charge in [-0.15, -0.1) is 0 Å². The summed E-state index contributed by atoms with van der Waals surface area (Å²) in [6, 6.07) is 12.4. The van der Waals surface area contributed by atoms with Gasteiger partial charge in [0.25, 0.3) is 0 Å². The Labute approximate surface area is 147 Å². The summed E-state index contributed by atoms with van der Waals surface area (Å²) in [6.07, 6.45) is 0.395. The first-order valence-electron chi connectivity index (χ1n) is 7.88. The number of hydrogen-bond donors (Lipinski definition) is 2. The number of carboxylic acids is 1. The van der Waals surface area contributed by atoms with E-state index in [-0.39, 0.29) is 0 Å². The lowest BCUT2D eigenvalue weighted by Crippen LogP contribution is -2.38. The molecule has 0 amide bonds. The largest absolute Gasteiger partial charge is 0.493 e. The van der Waals surface area contributed by atoms with Crippen LogP contribution < -0.4 is 19.5 Å². The van der Waals surface area contributed by atoms with Crippen molar-refractivity contribution in [1.29, 1.82) is 0 Å². The Kier molecular flexibility index (Phi) is 6.65. The molecule has 0 aliphatic carbocycles. The van der Waals surface area contributed by atoms with Gasteiger partial charge in [-0.1, -0.05) is 36.4 Å². The van der Waals surface area contributed by atoms with Gasteiger partial charge >= 0.3 is 5.97 Å². The highest BCUT2D eigenvalue weighted by Gasteiger charge is 2.20. The molecule has 0 radical (unpaired) electrons. The van der Waals surface area contributed by atoms with Crippen molar-refractivity contribution in [2.45, 2.75) is 19.0 Å². The van der Waals surface area contributed by atoms with E-state index in [1.807, 2.05) is 36.4 Å². The molecule has 2 aromatic rings. The van der Waals surface area contributed by atoms with Crippen LogP contribution in [0.3, 0.4) is 0 Å². The number of methoxy groups -OCH3 is 3. The van der Waals surface area contributed by atoms with Crippen LogP contribution in [-0.2, 0) is 17.8 Å². The second-order valence-electron chi connectivity index (χ2n) is 5.45. The number of benzene rings is 2. The molecule has 1 atom stereocenters. The first-order chi connectivity index (χ1) is 12.1. The molecule has 6 nitrogen and oxygen atoms in total. The first-order valence-corrected chi connectivity index (χ1v) is 7.88. The first kappa shape index (κ1) is 18.6. The maximum atomic E-state index is 11.6. The predicted octanol–water partition coefficient (Wildman–Crippen LogP) is 2.50. The summed E-state index contributed by atoms with van der Waals surface area (Å²) in [6.45, 7) is 0.327. The zero-order chi connectivity index (χ0) is 18.2. The fourth-order valence-corrected chi connectivity index (χ4v) is 2.63. The molecule has 0 aliphatic heterocycles. The van der Waals surface area contributed by atoms with Crippen LogP contribution in [0.2, 0.25) is 0 Å². The Hall–Kier alpha value is -2.73. The van der Waals surface area contributed by atoms with Gasteiger partial charge in [0.1, 0.15) is 6.04 Å². The molecule has 0 saturated carbocycles. The number of nitrogens with one attached hydrogen (secondary N) is 1. The molecule has 25 heavy (non-hydrogen) atoms. The van der Waals surface area contributed by atoms with Crippen LogP contribution in [-0.4, -0.2) is 38.4 Å². The standard InChI is InChI=1S/C19H23NO5/c1-23-16-10-9-14(17(24-2)18(16)25-3)12-20-15(19(21)22)11-13-7-5-4-6-8-13/h4-10,15,20H,11-12H2,1-3H3,(H,21,22)/t15-/m1/s1. The summed E-state index contributed by atoms with van der Waals surface area (Å²) in [5, 5.41) is 12.6. The highest BCUT2D eigenvalue weighted by molar-refractivity contribution is 5.74. The van der Waals surface area contributed by atoms with Crippen LogP contribution in [0.4, 0.5) is 0 Å². The average molecular weight is 345 g/mol. The van der Waals surface area contributed by atoms with Crippen molar-refractivity contribution in [3.05, 3.63) is 53.6 Å². The minimum Gasteiger partial charge on any atom is -0.493 e. The third kappa shape index (κ3) is 4.64. The van der Waals surface area contributed by atoms with Crippen LogP contribution >= 0.6 is 0 Å². The third-order valence-electron chi connectivity index (χ3n) is 3.91. The summed E-state index contributed by atoms with van der Waals surface area (Å²) in [7, 11) is 4.63. The number of carbonyl (C=O) groups is 1. The smallest absolute Gasteiger partial charge is 0.321 e. The molecular weight excluding hydrogens is 322 g/mol. The van der Waals surface area contributed by atoms with Gasteiger partial charge in [0.15, 0.2) is 11.5 Å². The second-order valence-corrected chi connectivity index (χ2v) is 5.45. The molecule has 0 fully saturated rings. The van der Waals surface area contributed by atoms with Crippen molar-refractivity contribution in [2.24, 2.45) is 0 Å². The van der Waals surface area contributed by atoms with Crippen molar-refractivity contribution < 1.29 is 24.1 Å². The minimum absolute atomic E-state index is 0.327. The number of carboxylic acid groups (broad SMARTS) is 1. The van der Waals surface area contributed by atoms with E-state index in [4.69, 9.17) is 14.2 Å². The molecule has 2 N–H and O–H groups in total. The Morgan fingerprint density at radius 3 is 2.24 bits per heavy atom. The molecule has 0 saturated heterocycles. The summed E-state index contributed by atoms with van der Waals surface area (Å²) in [5.41, 5.74) is 1.75. The third-order valence-corrected chi connectivity index (χ3v) is 3.91. The molecular formula is C19H23NO5. The normalized spacial score (nSPS) is 11.6. The Morgan fingerprint density at radius 2 is 1.68 bits per heavy atom. The van der Waals surface area contributed by atoms with Gasteiger partial charge in [0, 0.05) is 12.1 Å². The van der Waals surface area contributed by atoms with Gasteiger partial charge in [0.05, 0.1) is 21.3 Å². The Morgan fingerprint density at radius 1 is 1.00 bits per heavy atom. The monoisotopic (exact) mass is 345 g/mol. The maximum absolute atomic E-state index is 11.6. The molecule has 0 aliphatic rings. The molecule has 6 heteroatoms. The molecule has 0 spiro atoms. The fourth-order valence-electron chi connectivity index (χ4n) is 2.63. The summed E-state index contributed by atoms with van der Waals surface area (Å²) < 4.78 is 16.0. The lowest BCUT2D eigenvalue weighted by molar-refractivity contribution is -0.139. The zero-order valence-electron chi connectivity index (χ0n) is 14.6. The van der Waals surface area contributed by atoms with Gasteiger partial charge in [-0.3, -0.25) is 10.1 Å². The van der Waals surface area contributed by atoms with E-state index in [1.54, 1.807) is 20.3 Å². The number of aliphatic carboxylic acids is 1. The minimum atomic E-state index is -0.900. The van der Waals surface area contributed by atoms with E-state index in [0.29, 0.717) is 30.2 Å². The molecule has 0 unspecified atom stereocenters. The highest BCUT2D eigenvalue weighted by Crippen LogP contribution is 2.39. The van der Waals surface area contributed by atoms with Crippen molar-refractivity contribution in [1.82, 2.24) is 5.32 Å². The molecule has 2 aromatic carbocycles. The summed E-state index contributed by atoms with van der Waals surface area (Å²) in [4.78, 5) is 11.6. The molecule has 2 rings (SSSR count). The van der Waals surface area contributed by atoms with E-state index < -0.39 is 12.0 Å². The number of ether oxygens (including phenoxy) is 3.